The Morgan fingerprint density at radius 3 is 2.80 bits per heavy atom. The number of nitrogens with one attached hydrogen (secondary N) is 1. The predicted molar refractivity (Wildman–Crippen MR) is 97.5 cm³/mol. The predicted octanol–water partition coefficient (Wildman–Crippen LogP) is 3.04. The molecule has 0 spiro atoms. The number of likely N-dealkylation sites (tertiary alicyclic amines) is 1. The summed E-state index contributed by atoms with van der Waals surface area (Å²) >= 11 is 1.57. The van der Waals surface area contributed by atoms with Crippen LogP contribution in [0.3, 0.4) is 0 Å². The average Bonchev–Trinajstić information content (AvgIpc) is 3.20. The molecule has 2 amide bonds. The van der Waals surface area contributed by atoms with Crippen LogP contribution in [-0.2, 0) is 4.79 Å². The molecule has 2 aromatic rings. The van der Waals surface area contributed by atoms with Gasteiger partial charge in [-0.05, 0) is 43.0 Å². The first-order chi connectivity index (χ1) is 12.2. The van der Waals surface area contributed by atoms with Crippen molar-refractivity contribution in [1.29, 1.82) is 0 Å². The number of amides is 2. The van der Waals surface area contributed by atoms with E-state index in [0.29, 0.717) is 30.5 Å². The molecule has 132 valence electrons. The molecule has 5 nitrogen and oxygen atoms in total. The Balaban J connectivity index is 1.44. The van der Waals surface area contributed by atoms with E-state index in [9.17, 15) is 9.59 Å². The van der Waals surface area contributed by atoms with Crippen molar-refractivity contribution < 1.29 is 14.0 Å². The van der Waals surface area contributed by atoms with Crippen LogP contribution in [0.2, 0.25) is 0 Å². The maximum Gasteiger partial charge on any atom is 0.286 e. The molecule has 1 aromatic heterocycles. The molecule has 0 bridgehead atoms. The second-order valence-electron chi connectivity index (χ2n) is 6.14. The van der Waals surface area contributed by atoms with E-state index in [4.69, 9.17) is 4.42 Å². The maximum atomic E-state index is 12.4. The SMILES string of the molecule is O=C(NC[C@H]1CCCN(C(=O)CSc2ccccc2)C1)c1ccco1. The summed E-state index contributed by atoms with van der Waals surface area (Å²) in [6.07, 6.45) is 3.48. The molecule has 1 N–H and O–H groups in total. The fourth-order valence-corrected chi connectivity index (χ4v) is 3.77. The number of thioether (sulfide) groups is 1. The van der Waals surface area contributed by atoms with Gasteiger partial charge in [-0.25, -0.2) is 0 Å². The zero-order chi connectivity index (χ0) is 17.5. The topological polar surface area (TPSA) is 62.6 Å². The lowest BCUT2D eigenvalue weighted by atomic mass is 9.98. The summed E-state index contributed by atoms with van der Waals surface area (Å²) in [6, 6.07) is 13.3. The molecule has 0 unspecified atom stereocenters. The van der Waals surface area contributed by atoms with E-state index in [1.807, 2.05) is 35.2 Å². The first kappa shape index (κ1) is 17.6. The molecule has 0 radical (unpaired) electrons. The molecule has 25 heavy (non-hydrogen) atoms. The van der Waals surface area contributed by atoms with Gasteiger partial charge in [-0.1, -0.05) is 18.2 Å². The van der Waals surface area contributed by atoms with Crippen LogP contribution in [0.5, 0.6) is 0 Å². The Kier molecular flexibility index (Phi) is 6.17. The van der Waals surface area contributed by atoms with Crippen molar-refractivity contribution >= 4 is 23.6 Å². The summed E-state index contributed by atoms with van der Waals surface area (Å²) in [5.74, 6) is 1.03. The van der Waals surface area contributed by atoms with Crippen molar-refractivity contribution in [2.45, 2.75) is 17.7 Å². The van der Waals surface area contributed by atoms with Crippen molar-refractivity contribution in [2.75, 3.05) is 25.4 Å². The number of hydrogen-bond acceptors (Lipinski definition) is 4. The highest BCUT2D eigenvalue weighted by atomic mass is 32.2. The summed E-state index contributed by atoms with van der Waals surface area (Å²) < 4.78 is 5.09. The van der Waals surface area contributed by atoms with Gasteiger partial charge in [0.05, 0.1) is 12.0 Å². The summed E-state index contributed by atoms with van der Waals surface area (Å²) in [4.78, 5) is 27.4. The Bertz CT molecular complexity index is 688. The molecule has 2 heterocycles. The lowest BCUT2D eigenvalue weighted by molar-refractivity contribution is -0.130. The third-order valence-electron chi connectivity index (χ3n) is 4.27. The summed E-state index contributed by atoms with van der Waals surface area (Å²) in [6.45, 7) is 2.07. The van der Waals surface area contributed by atoms with Crippen LogP contribution in [0, 0.1) is 5.92 Å². The highest BCUT2D eigenvalue weighted by molar-refractivity contribution is 8.00. The maximum absolute atomic E-state index is 12.4. The summed E-state index contributed by atoms with van der Waals surface area (Å²) in [5, 5.41) is 2.90. The van der Waals surface area contributed by atoms with Gasteiger partial charge in [0, 0.05) is 24.5 Å². The number of nitrogens with zero attached hydrogens (tertiary/aromatic N) is 1. The van der Waals surface area contributed by atoms with Crippen molar-refractivity contribution in [3.05, 3.63) is 54.5 Å². The number of benzene rings is 1. The van der Waals surface area contributed by atoms with Crippen LogP contribution in [0.15, 0.2) is 58.0 Å². The van der Waals surface area contributed by atoms with Gasteiger partial charge in [-0.3, -0.25) is 9.59 Å². The molecule has 1 saturated heterocycles. The molecule has 6 heteroatoms. The number of furan rings is 1. The van der Waals surface area contributed by atoms with Gasteiger partial charge in [-0.2, -0.15) is 0 Å². The number of piperidine rings is 1. The Morgan fingerprint density at radius 1 is 1.20 bits per heavy atom. The van der Waals surface area contributed by atoms with Gasteiger partial charge in [0.25, 0.3) is 5.91 Å². The average molecular weight is 358 g/mol. The minimum absolute atomic E-state index is 0.163. The minimum Gasteiger partial charge on any atom is -0.459 e. The van der Waals surface area contributed by atoms with E-state index in [-0.39, 0.29) is 11.8 Å². The molecule has 1 atom stereocenters. The van der Waals surface area contributed by atoms with Crippen LogP contribution >= 0.6 is 11.8 Å². The van der Waals surface area contributed by atoms with Crippen molar-refractivity contribution in [1.82, 2.24) is 10.2 Å². The number of carbonyl (C=O) groups is 2. The molecule has 1 aliphatic heterocycles. The third-order valence-corrected chi connectivity index (χ3v) is 5.27. The smallest absolute Gasteiger partial charge is 0.286 e. The number of carbonyl (C=O) groups excluding carboxylic acids is 2. The van der Waals surface area contributed by atoms with E-state index in [1.165, 1.54) is 6.26 Å². The fraction of sp³-hybridized carbons (Fsp3) is 0.368. The summed E-state index contributed by atoms with van der Waals surface area (Å²) in [7, 11) is 0. The van der Waals surface area contributed by atoms with Gasteiger partial charge in [0.15, 0.2) is 5.76 Å². The van der Waals surface area contributed by atoms with Crippen LogP contribution in [0.25, 0.3) is 0 Å². The summed E-state index contributed by atoms with van der Waals surface area (Å²) in [5.41, 5.74) is 0. The number of hydrogen-bond donors (Lipinski definition) is 1. The third kappa shape index (κ3) is 5.13. The van der Waals surface area contributed by atoms with Crippen molar-refractivity contribution in [3.63, 3.8) is 0 Å². The highest BCUT2D eigenvalue weighted by Crippen LogP contribution is 2.20. The monoisotopic (exact) mass is 358 g/mol. The molecular weight excluding hydrogens is 336 g/mol. The van der Waals surface area contributed by atoms with Crippen molar-refractivity contribution in [3.8, 4) is 0 Å². The molecule has 0 aliphatic carbocycles. The second-order valence-corrected chi connectivity index (χ2v) is 7.19. The van der Waals surface area contributed by atoms with Crippen LogP contribution in [0.1, 0.15) is 23.4 Å². The lowest BCUT2D eigenvalue weighted by Gasteiger charge is -2.32. The molecule has 1 aliphatic rings. The quantitative estimate of drug-likeness (QED) is 0.806. The zero-order valence-electron chi connectivity index (χ0n) is 14.0. The standard InChI is InChI=1S/C19H22N2O3S/c22-18(14-25-16-7-2-1-3-8-16)21-10-4-6-15(13-21)12-20-19(23)17-9-5-11-24-17/h1-3,5,7-9,11,15H,4,6,10,12-14H2,(H,20,23)/t15-/m1/s1. The van der Waals surface area contributed by atoms with Gasteiger partial charge in [0.2, 0.25) is 5.91 Å². The molecular formula is C19H22N2O3S. The Hall–Kier alpha value is -2.21. The van der Waals surface area contributed by atoms with Crippen LogP contribution < -0.4 is 5.32 Å². The van der Waals surface area contributed by atoms with E-state index >= 15 is 0 Å². The first-order valence-electron chi connectivity index (χ1n) is 8.49. The molecule has 3 rings (SSSR count). The Labute approximate surface area is 151 Å². The van der Waals surface area contributed by atoms with E-state index in [1.54, 1.807) is 23.9 Å². The largest absolute Gasteiger partial charge is 0.459 e. The normalized spacial score (nSPS) is 17.3. The highest BCUT2D eigenvalue weighted by Gasteiger charge is 2.24. The molecule has 1 fully saturated rings. The van der Waals surface area contributed by atoms with Gasteiger partial charge >= 0.3 is 0 Å². The molecule has 0 saturated carbocycles. The second kappa shape index (κ2) is 8.76. The van der Waals surface area contributed by atoms with E-state index in [2.05, 4.69) is 5.32 Å². The number of rotatable bonds is 6. The molecule has 1 aromatic carbocycles. The first-order valence-corrected chi connectivity index (χ1v) is 9.48. The fourth-order valence-electron chi connectivity index (χ4n) is 2.94. The van der Waals surface area contributed by atoms with Crippen molar-refractivity contribution in [2.24, 2.45) is 5.92 Å². The van der Waals surface area contributed by atoms with Gasteiger partial charge in [0.1, 0.15) is 0 Å². The van der Waals surface area contributed by atoms with Crippen LogP contribution in [-0.4, -0.2) is 42.1 Å². The van der Waals surface area contributed by atoms with Gasteiger partial charge < -0.3 is 14.6 Å². The lowest BCUT2D eigenvalue weighted by Crippen LogP contribution is -2.44. The van der Waals surface area contributed by atoms with E-state index in [0.717, 1.165) is 24.3 Å². The van der Waals surface area contributed by atoms with Crippen LogP contribution in [0.4, 0.5) is 0 Å². The Morgan fingerprint density at radius 2 is 2.04 bits per heavy atom. The minimum atomic E-state index is -0.201. The van der Waals surface area contributed by atoms with Gasteiger partial charge in [-0.15, -0.1) is 11.8 Å². The zero-order valence-corrected chi connectivity index (χ0v) is 14.8. The van der Waals surface area contributed by atoms with E-state index < -0.39 is 0 Å².